The molecule has 1 aliphatic rings. The molecule has 9 heteroatoms. The number of hydrogen-bond donors (Lipinski definition) is 1. The molecule has 2 aromatic heterocycles. The van der Waals surface area contributed by atoms with Crippen LogP contribution in [-0.2, 0) is 6.54 Å². The van der Waals surface area contributed by atoms with Gasteiger partial charge in [0.05, 0.1) is 46.4 Å². The van der Waals surface area contributed by atoms with Crippen LogP contribution >= 0.6 is 15.9 Å². The number of fused-ring (bicyclic) bond motifs is 3. The molecule has 0 aliphatic carbocycles. The zero-order valence-electron chi connectivity index (χ0n) is 19.3. The van der Waals surface area contributed by atoms with Gasteiger partial charge in [-0.15, -0.1) is 0 Å². The molecular formula is C26H21BrN4O4. The molecule has 0 radical (unpaired) electrons. The van der Waals surface area contributed by atoms with Crippen LogP contribution in [0.4, 0.5) is 0 Å². The molecule has 0 saturated heterocycles. The Morgan fingerprint density at radius 1 is 1.26 bits per heavy atom. The second kappa shape index (κ2) is 8.64. The smallest absolute Gasteiger partial charge is 0.344 e. The fourth-order valence-corrected chi connectivity index (χ4v) is 4.78. The van der Waals surface area contributed by atoms with E-state index in [2.05, 4.69) is 27.1 Å². The molecule has 1 unspecified atom stereocenters. The number of nitrogens with two attached hydrogens (primary N) is 1. The van der Waals surface area contributed by atoms with Gasteiger partial charge in [0.25, 0.3) is 0 Å². The fourth-order valence-electron chi connectivity index (χ4n) is 4.49. The molecule has 5 rings (SSSR count). The van der Waals surface area contributed by atoms with Gasteiger partial charge in [0.2, 0.25) is 5.88 Å². The van der Waals surface area contributed by atoms with Crippen LogP contribution in [0.25, 0.3) is 11.0 Å². The minimum absolute atomic E-state index is 0.0411. The van der Waals surface area contributed by atoms with Gasteiger partial charge in [-0.3, -0.25) is 4.68 Å². The summed E-state index contributed by atoms with van der Waals surface area (Å²) in [6, 6.07) is 14.7. The minimum atomic E-state index is -0.763. The molecule has 3 heterocycles. The van der Waals surface area contributed by atoms with E-state index in [1.807, 2.05) is 42.8 Å². The number of benzene rings is 2. The number of halogens is 1. The maximum Gasteiger partial charge on any atom is 0.344 e. The molecular weight excluding hydrogens is 512 g/mol. The molecule has 1 atom stereocenters. The number of nitriles is 1. The topological polar surface area (TPSA) is 116 Å². The fraction of sp³-hybridized carbons (Fsp3) is 0.192. The molecule has 1 aliphatic heterocycles. The standard InChI is InChI=1S/C26H21BrN4O4/c1-13-23(27)14(2)31(30-13)12-16-10-15(8-9-19(16)33-3)21-18(11-28)25(29)35-24-17-6-4-5-7-20(17)34-26(32)22(21)24/h4-10,21H,12,29H2,1-3H3. The van der Waals surface area contributed by atoms with Gasteiger partial charge in [-0.05, 0) is 59.6 Å². The molecule has 0 fully saturated rings. The summed E-state index contributed by atoms with van der Waals surface area (Å²) in [5.74, 6) is 0.158. The van der Waals surface area contributed by atoms with Crippen LogP contribution in [-0.4, -0.2) is 16.9 Å². The number of ether oxygens (including phenoxy) is 2. The van der Waals surface area contributed by atoms with Gasteiger partial charge in [0.15, 0.2) is 5.75 Å². The number of rotatable bonds is 4. The second-order valence-electron chi connectivity index (χ2n) is 8.27. The quantitative estimate of drug-likeness (QED) is 0.380. The van der Waals surface area contributed by atoms with Crippen LogP contribution in [0, 0.1) is 25.2 Å². The first-order chi connectivity index (χ1) is 16.8. The number of para-hydroxylation sites is 1. The summed E-state index contributed by atoms with van der Waals surface area (Å²) in [7, 11) is 1.60. The summed E-state index contributed by atoms with van der Waals surface area (Å²) in [4.78, 5) is 13.2. The number of nitrogens with zero attached hydrogens (tertiary/aromatic N) is 3. The Labute approximate surface area is 209 Å². The normalized spacial score (nSPS) is 15.0. The van der Waals surface area contributed by atoms with E-state index in [-0.39, 0.29) is 17.0 Å². The molecule has 0 saturated carbocycles. The van der Waals surface area contributed by atoms with Crippen LogP contribution in [0.15, 0.2) is 67.6 Å². The summed E-state index contributed by atoms with van der Waals surface area (Å²) >= 11 is 3.57. The first-order valence-corrected chi connectivity index (χ1v) is 11.6. The lowest BCUT2D eigenvalue weighted by Crippen LogP contribution is -2.26. The largest absolute Gasteiger partial charge is 0.496 e. The SMILES string of the molecule is COc1ccc(C2C(C#N)=C(N)Oc3c2c(=O)oc2ccccc32)cc1Cn1nc(C)c(Br)c1C. The highest BCUT2D eigenvalue weighted by Crippen LogP contribution is 2.44. The first-order valence-electron chi connectivity index (χ1n) is 10.8. The Morgan fingerprint density at radius 2 is 2.03 bits per heavy atom. The van der Waals surface area contributed by atoms with Crippen molar-refractivity contribution in [3.63, 3.8) is 0 Å². The van der Waals surface area contributed by atoms with Crippen molar-refractivity contribution in [1.29, 1.82) is 5.26 Å². The van der Waals surface area contributed by atoms with Gasteiger partial charge in [-0.25, -0.2) is 4.79 Å². The van der Waals surface area contributed by atoms with E-state index in [1.54, 1.807) is 25.3 Å². The molecule has 2 aromatic carbocycles. The molecule has 8 nitrogen and oxygen atoms in total. The number of hydrogen-bond acceptors (Lipinski definition) is 7. The third-order valence-corrected chi connectivity index (χ3v) is 7.37. The van der Waals surface area contributed by atoms with E-state index in [0.717, 1.165) is 21.4 Å². The van der Waals surface area contributed by atoms with E-state index >= 15 is 0 Å². The summed E-state index contributed by atoms with van der Waals surface area (Å²) in [6.45, 7) is 4.33. The summed E-state index contributed by atoms with van der Waals surface area (Å²) in [5, 5.41) is 15.2. The second-order valence-corrected chi connectivity index (χ2v) is 9.06. The average molecular weight is 533 g/mol. The van der Waals surface area contributed by atoms with Gasteiger partial charge in [-0.2, -0.15) is 10.4 Å². The van der Waals surface area contributed by atoms with Crippen molar-refractivity contribution in [3.8, 4) is 17.6 Å². The first kappa shape index (κ1) is 22.7. The predicted octanol–water partition coefficient (Wildman–Crippen LogP) is 4.64. The van der Waals surface area contributed by atoms with Gasteiger partial charge in [0.1, 0.15) is 23.0 Å². The van der Waals surface area contributed by atoms with Gasteiger partial charge < -0.3 is 19.6 Å². The average Bonchev–Trinajstić information content (AvgIpc) is 3.09. The van der Waals surface area contributed by atoms with Gasteiger partial charge >= 0.3 is 5.63 Å². The van der Waals surface area contributed by atoms with Crippen molar-refractivity contribution in [2.24, 2.45) is 5.73 Å². The lowest BCUT2D eigenvalue weighted by Gasteiger charge is -2.26. The Morgan fingerprint density at radius 3 is 2.71 bits per heavy atom. The Hall–Kier alpha value is -4.03. The minimum Gasteiger partial charge on any atom is -0.496 e. The van der Waals surface area contributed by atoms with Crippen LogP contribution in [0.3, 0.4) is 0 Å². The summed E-state index contributed by atoms with van der Waals surface area (Å²) in [6.07, 6.45) is 0. The van der Waals surface area contributed by atoms with Crippen LogP contribution in [0.5, 0.6) is 11.5 Å². The summed E-state index contributed by atoms with van der Waals surface area (Å²) in [5.41, 5.74) is 9.74. The molecule has 0 bridgehead atoms. The van der Waals surface area contributed by atoms with E-state index < -0.39 is 11.5 Å². The van der Waals surface area contributed by atoms with Crippen LogP contribution < -0.4 is 20.8 Å². The Balaban J connectivity index is 1.71. The summed E-state index contributed by atoms with van der Waals surface area (Å²) < 4.78 is 19.8. The number of methoxy groups -OCH3 is 1. The molecule has 0 amide bonds. The maximum atomic E-state index is 13.2. The van der Waals surface area contributed by atoms with Crippen LogP contribution in [0.1, 0.15) is 34.0 Å². The molecule has 4 aromatic rings. The predicted molar refractivity (Wildman–Crippen MR) is 133 cm³/mol. The Bertz CT molecular complexity index is 1630. The highest BCUT2D eigenvalue weighted by atomic mass is 79.9. The van der Waals surface area contributed by atoms with Crippen molar-refractivity contribution in [2.45, 2.75) is 26.3 Å². The van der Waals surface area contributed by atoms with E-state index in [1.165, 1.54) is 0 Å². The zero-order chi connectivity index (χ0) is 24.9. The van der Waals surface area contributed by atoms with Crippen molar-refractivity contribution in [3.05, 3.63) is 96.9 Å². The maximum absolute atomic E-state index is 13.2. The Kier molecular flexibility index (Phi) is 5.61. The zero-order valence-corrected chi connectivity index (χ0v) is 20.8. The third kappa shape index (κ3) is 3.67. The highest BCUT2D eigenvalue weighted by molar-refractivity contribution is 9.10. The lowest BCUT2D eigenvalue weighted by molar-refractivity contribution is 0.387. The third-order valence-electron chi connectivity index (χ3n) is 6.23. The molecule has 2 N–H and O–H groups in total. The van der Waals surface area contributed by atoms with Crippen molar-refractivity contribution >= 4 is 26.9 Å². The number of allylic oxidation sites excluding steroid dienone is 1. The van der Waals surface area contributed by atoms with Crippen molar-refractivity contribution < 1.29 is 13.9 Å². The molecule has 0 spiro atoms. The highest BCUT2D eigenvalue weighted by Gasteiger charge is 2.35. The van der Waals surface area contributed by atoms with Gasteiger partial charge in [-0.1, -0.05) is 18.2 Å². The van der Waals surface area contributed by atoms with Gasteiger partial charge in [0, 0.05) is 5.56 Å². The number of aromatic nitrogens is 2. The van der Waals surface area contributed by atoms with Crippen molar-refractivity contribution in [2.75, 3.05) is 7.11 Å². The van der Waals surface area contributed by atoms with E-state index in [4.69, 9.17) is 19.6 Å². The van der Waals surface area contributed by atoms with Crippen LogP contribution in [0.2, 0.25) is 0 Å². The monoisotopic (exact) mass is 532 g/mol. The molecule has 35 heavy (non-hydrogen) atoms. The lowest BCUT2D eigenvalue weighted by atomic mass is 9.83. The van der Waals surface area contributed by atoms with E-state index in [0.29, 0.717) is 34.6 Å². The van der Waals surface area contributed by atoms with Crippen molar-refractivity contribution in [1.82, 2.24) is 9.78 Å². The van der Waals surface area contributed by atoms with E-state index in [9.17, 15) is 10.1 Å². The molecule has 176 valence electrons. The number of aryl methyl sites for hydroxylation is 1.